The van der Waals surface area contributed by atoms with Gasteiger partial charge in [0, 0.05) is 0 Å². The molecule has 0 saturated heterocycles. The number of carboxylic acids is 1. The molecule has 82 valence electrons. The fourth-order valence-electron chi connectivity index (χ4n) is 0.986. The number of carbonyl (C=O) groups is 1. The zero-order chi connectivity index (χ0) is 11.6. The third kappa shape index (κ3) is 2.44. The van der Waals surface area contributed by atoms with Crippen LogP contribution in [0, 0.1) is 0 Å². The van der Waals surface area contributed by atoms with Gasteiger partial charge in [-0.15, -0.1) is 4.53 Å². The largest absolute Gasteiger partial charge is 0.478 e. The number of sulfonamides is 1. The molecule has 1 rings (SSSR count). The van der Waals surface area contributed by atoms with Crippen molar-refractivity contribution in [3.05, 3.63) is 29.8 Å². The quantitative estimate of drug-likeness (QED) is 0.791. The van der Waals surface area contributed by atoms with E-state index in [2.05, 4.69) is 0 Å². The third-order valence-electron chi connectivity index (χ3n) is 1.62. The van der Waals surface area contributed by atoms with Crippen LogP contribution in [0.4, 0.5) is 10.2 Å². The van der Waals surface area contributed by atoms with Crippen molar-refractivity contribution in [1.82, 2.24) is 0 Å². The van der Waals surface area contributed by atoms with E-state index in [4.69, 9.17) is 5.11 Å². The van der Waals surface area contributed by atoms with Crippen LogP contribution in [0.5, 0.6) is 0 Å². The second kappa shape index (κ2) is 3.85. The number of rotatable bonds is 3. The van der Waals surface area contributed by atoms with E-state index >= 15 is 0 Å². The van der Waals surface area contributed by atoms with Gasteiger partial charge in [0.05, 0.1) is 11.8 Å². The Bertz CT molecular complexity index is 485. The summed E-state index contributed by atoms with van der Waals surface area (Å²) in [6, 6.07) is 4.92. The van der Waals surface area contributed by atoms with Crippen LogP contribution in [0.2, 0.25) is 0 Å². The molecule has 0 aliphatic heterocycles. The average molecular weight is 233 g/mol. The van der Waals surface area contributed by atoms with E-state index in [1.807, 2.05) is 0 Å². The highest BCUT2D eigenvalue weighted by Gasteiger charge is 2.22. The summed E-state index contributed by atoms with van der Waals surface area (Å²) in [4.78, 5) is 10.7. The van der Waals surface area contributed by atoms with E-state index in [-0.39, 0.29) is 0 Å². The van der Waals surface area contributed by atoms with Crippen LogP contribution in [0.25, 0.3) is 0 Å². The number of aromatic carboxylic acids is 1. The number of para-hydroxylation sites is 1. The lowest BCUT2D eigenvalue weighted by Crippen LogP contribution is -2.22. The molecular weight excluding hydrogens is 225 g/mol. The highest BCUT2D eigenvalue weighted by Crippen LogP contribution is 2.22. The normalized spacial score (nSPS) is 11.1. The molecule has 15 heavy (non-hydrogen) atoms. The maximum Gasteiger partial charge on any atom is 0.337 e. The number of hydrogen-bond acceptors (Lipinski definition) is 3. The molecular formula is C8H8FNO4S. The van der Waals surface area contributed by atoms with E-state index in [9.17, 15) is 17.7 Å². The van der Waals surface area contributed by atoms with Gasteiger partial charge in [-0.3, -0.25) is 0 Å². The van der Waals surface area contributed by atoms with Crippen molar-refractivity contribution in [2.24, 2.45) is 0 Å². The van der Waals surface area contributed by atoms with Crippen molar-refractivity contribution in [1.29, 1.82) is 0 Å². The van der Waals surface area contributed by atoms with Gasteiger partial charge in [-0.05, 0) is 12.1 Å². The first-order valence-electron chi connectivity index (χ1n) is 3.82. The molecule has 0 bridgehead atoms. The van der Waals surface area contributed by atoms with E-state index in [1.165, 1.54) is 12.1 Å². The Labute approximate surface area is 85.7 Å². The Kier molecular flexibility index (Phi) is 2.94. The molecule has 1 aromatic rings. The highest BCUT2D eigenvalue weighted by molar-refractivity contribution is 7.91. The van der Waals surface area contributed by atoms with Gasteiger partial charge < -0.3 is 5.11 Å². The number of anilines is 1. The lowest BCUT2D eigenvalue weighted by molar-refractivity contribution is 0.0697. The average Bonchev–Trinajstić information content (AvgIpc) is 2.15. The summed E-state index contributed by atoms with van der Waals surface area (Å²) in [7, 11) is -4.11. The van der Waals surface area contributed by atoms with Gasteiger partial charge in [0.2, 0.25) is 0 Å². The molecule has 0 aliphatic rings. The smallest absolute Gasteiger partial charge is 0.337 e. The van der Waals surface area contributed by atoms with Crippen LogP contribution in [0.15, 0.2) is 24.3 Å². The molecule has 0 atom stereocenters. The van der Waals surface area contributed by atoms with Gasteiger partial charge in [-0.2, -0.15) is 0 Å². The van der Waals surface area contributed by atoms with E-state index in [0.29, 0.717) is 6.26 Å². The number of hydrogen-bond donors (Lipinski definition) is 1. The molecule has 0 fully saturated rings. The van der Waals surface area contributed by atoms with Crippen molar-refractivity contribution in [2.45, 2.75) is 0 Å². The second-order valence-corrected chi connectivity index (χ2v) is 4.59. The third-order valence-corrected chi connectivity index (χ3v) is 2.39. The predicted molar refractivity (Wildman–Crippen MR) is 51.8 cm³/mol. The van der Waals surface area contributed by atoms with Crippen LogP contribution in [0.3, 0.4) is 0 Å². The van der Waals surface area contributed by atoms with Crippen LogP contribution in [-0.4, -0.2) is 25.7 Å². The Morgan fingerprint density at radius 1 is 1.40 bits per heavy atom. The summed E-state index contributed by atoms with van der Waals surface area (Å²) < 4.78 is 34.4. The maximum absolute atomic E-state index is 13.2. The first-order chi connectivity index (χ1) is 6.84. The topological polar surface area (TPSA) is 74.7 Å². The SMILES string of the molecule is CS(=O)(=O)N(F)c1ccccc1C(=O)O. The zero-order valence-corrected chi connectivity index (χ0v) is 8.53. The van der Waals surface area contributed by atoms with Gasteiger partial charge in [0.25, 0.3) is 10.0 Å². The molecule has 0 heterocycles. The van der Waals surface area contributed by atoms with Crippen molar-refractivity contribution < 1.29 is 22.8 Å². The van der Waals surface area contributed by atoms with Crippen LogP contribution >= 0.6 is 0 Å². The van der Waals surface area contributed by atoms with Gasteiger partial charge in [0.1, 0.15) is 5.69 Å². The standard InChI is InChI=1S/C8H8FNO4S/c1-15(13,14)10(9)7-5-3-2-4-6(7)8(11)12/h2-5H,1H3,(H,11,12). The Balaban J connectivity index is 3.32. The maximum atomic E-state index is 13.2. The number of benzene rings is 1. The molecule has 0 unspecified atom stereocenters. The fraction of sp³-hybridized carbons (Fsp3) is 0.125. The van der Waals surface area contributed by atoms with E-state index in [1.54, 1.807) is 0 Å². The van der Waals surface area contributed by atoms with E-state index < -0.39 is 31.8 Å². The predicted octanol–water partition coefficient (Wildman–Crippen LogP) is 1.04. The van der Waals surface area contributed by atoms with Gasteiger partial charge >= 0.3 is 5.97 Å². The molecule has 0 amide bonds. The van der Waals surface area contributed by atoms with Gasteiger partial charge in [-0.25, -0.2) is 13.2 Å². The number of nitrogens with zero attached hydrogens (tertiary/aromatic N) is 1. The first-order valence-corrected chi connectivity index (χ1v) is 5.67. The minimum Gasteiger partial charge on any atom is -0.478 e. The highest BCUT2D eigenvalue weighted by atomic mass is 32.2. The molecule has 0 aliphatic carbocycles. The molecule has 0 radical (unpaired) electrons. The molecule has 0 aromatic heterocycles. The zero-order valence-electron chi connectivity index (χ0n) is 7.71. The molecule has 0 spiro atoms. The molecule has 1 N–H and O–H groups in total. The van der Waals surface area contributed by atoms with Crippen molar-refractivity contribution in [3.8, 4) is 0 Å². The first kappa shape index (κ1) is 11.4. The summed E-state index contributed by atoms with van der Waals surface area (Å²) in [6.45, 7) is 0. The summed E-state index contributed by atoms with van der Waals surface area (Å²) >= 11 is 0. The van der Waals surface area contributed by atoms with Crippen LogP contribution < -0.4 is 4.53 Å². The second-order valence-electron chi connectivity index (χ2n) is 2.80. The lowest BCUT2D eigenvalue weighted by atomic mass is 10.2. The van der Waals surface area contributed by atoms with Crippen molar-refractivity contribution in [3.63, 3.8) is 0 Å². The summed E-state index contributed by atoms with van der Waals surface area (Å²) in [5.74, 6) is -1.39. The van der Waals surface area contributed by atoms with E-state index in [0.717, 1.165) is 12.1 Å². The van der Waals surface area contributed by atoms with Crippen molar-refractivity contribution in [2.75, 3.05) is 10.8 Å². The molecule has 1 aromatic carbocycles. The minimum absolute atomic E-state index is 0.412. The summed E-state index contributed by atoms with van der Waals surface area (Å²) in [5.41, 5.74) is -0.919. The lowest BCUT2D eigenvalue weighted by Gasteiger charge is -2.12. The Morgan fingerprint density at radius 3 is 2.40 bits per heavy atom. The summed E-state index contributed by atoms with van der Waals surface area (Å²) in [6.07, 6.45) is 0.644. The Hall–Kier alpha value is -1.63. The van der Waals surface area contributed by atoms with Crippen molar-refractivity contribution >= 4 is 21.7 Å². The number of halogens is 1. The summed E-state index contributed by atoms with van der Waals surface area (Å²) in [5, 5.41) is 8.69. The molecule has 7 heteroatoms. The van der Waals surface area contributed by atoms with Gasteiger partial charge in [-0.1, -0.05) is 16.6 Å². The monoisotopic (exact) mass is 233 g/mol. The Morgan fingerprint density at radius 2 is 1.93 bits per heavy atom. The molecule has 5 nitrogen and oxygen atoms in total. The number of carboxylic acid groups (broad SMARTS) is 1. The van der Waals surface area contributed by atoms with Crippen LogP contribution in [0.1, 0.15) is 10.4 Å². The fourth-order valence-corrected chi connectivity index (χ4v) is 1.50. The minimum atomic E-state index is -4.11. The molecule has 0 saturated carbocycles. The van der Waals surface area contributed by atoms with Crippen LogP contribution in [-0.2, 0) is 10.0 Å². The van der Waals surface area contributed by atoms with Gasteiger partial charge in [0.15, 0.2) is 0 Å².